The number of nitrogens with zero attached hydrogens (tertiary/aromatic N) is 2. The van der Waals surface area contributed by atoms with E-state index >= 15 is 0 Å². The number of para-hydroxylation sites is 2. The van der Waals surface area contributed by atoms with Gasteiger partial charge in [0.2, 0.25) is 5.91 Å². The van der Waals surface area contributed by atoms with E-state index in [2.05, 4.69) is 24.4 Å². The quantitative estimate of drug-likeness (QED) is 0.706. The van der Waals surface area contributed by atoms with Crippen LogP contribution in [0.3, 0.4) is 0 Å². The van der Waals surface area contributed by atoms with Crippen LogP contribution in [-0.2, 0) is 4.79 Å². The monoisotopic (exact) mass is 427 g/mol. The van der Waals surface area contributed by atoms with Crippen molar-refractivity contribution in [1.29, 1.82) is 0 Å². The smallest absolute Gasteiger partial charge is 0.321 e. The SMILES string of the molecule is CC[C@@H]1S[C@@H](c2ccccc2C)N(CCN(C)C(=O)Nc2ccccc2OC)C1=O. The van der Waals surface area contributed by atoms with Gasteiger partial charge in [0.25, 0.3) is 0 Å². The predicted octanol–water partition coefficient (Wildman–Crippen LogP) is 4.52. The molecule has 1 aliphatic heterocycles. The minimum absolute atomic E-state index is 0.0191. The molecule has 1 N–H and O–H groups in total. The molecule has 1 fully saturated rings. The van der Waals surface area contributed by atoms with E-state index < -0.39 is 0 Å². The Labute approximate surface area is 182 Å². The van der Waals surface area contributed by atoms with Crippen LogP contribution in [0, 0.1) is 6.92 Å². The highest BCUT2D eigenvalue weighted by atomic mass is 32.2. The lowest BCUT2D eigenvalue weighted by molar-refractivity contribution is -0.130. The Hall–Kier alpha value is -2.67. The third-order valence-electron chi connectivity index (χ3n) is 5.33. The molecule has 160 valence electrons. The number of urea groups is 1. The van der Waals surface area contributed by atoms with Crippen LogP contribution >= 0.6 is 11.8 Å². The number of benzene rings is 2. The summed E-state index contributed by atoms with van der Waals surface area (Å²) in [6.07, 6.45) is 0.798. The molecule has 0 spiro atoms. The van der Waals surface area contributed by atoms with Gasteiger partial charge in [0.15, 0.2) is 0 Å². The number of carbonyl (C=O) groups excluding carboxylic acids is 2. The third kappa shape index (κ3) is 4.73. The Morgan fingerprint density at radius 2 is 1.90 bits per heavy atom. The van der Waals surface area contributed by atoms with Gasteiger partial charge in [-0.05, 0) is 36.6 Å². The van der Waals surface area contributed by atoms with Crippen LogP contribution in [-0.4, -0.2) is 54.2 Å². The van der Waals surface area contributed by atoms with E-state index in [1.54, 1.807) is 43.0 Å². The number of nitrogens with one attached hydrogen (secondary N) is 1. The van der Waals surface area contributed by atoms with E-state index in [1.165, 1.54) is 5.56 Å². The molecule has 2 aromatic carbocycles. The minimum Gasteiger partial charge on any atom is -0.495 e. The van der Waals surface area contributed by atoms with Gasteiger partial charge in [-0.3, -0.25) is 4.79 Å². The van der Waals surface area contributed by atoms with E-state index in [0.717, 1.165) is 12.0 Å². The first kappa shape index (κ1) is 22.0. The zero-order valence-corrected chi connectivity index (χ0v) is 18.7. The van der Waals surface area contributed by atoms with Crippen LogP contribution in [0.2, 0.25) is 0 Å². The number of anilines is 1. The van der Waals surface area contributed by atoms with E-state index in [-0.39, 0.29) is 22.6 Å². The largest absolute Gasteiger partial charge is 0.495 e. The fourth-order valence-corrected chi connectivity index (χ4v) is 5.03. The number of carbonyl (C=O) groups is 2. The van der Waals surface area contributed by atoms with Crippen LogP contribution < -0.4 is 10.1 Å². The van der Waals surface area contributed by atoms with E-state index in [1.807, 2.05) is 36.1 Å². The number of amides is 3. The molecular formula is C23H29N3O3S. The molecule has 0 aliphatic carbocycles. The van der Waals surface area contributed by atoms with Crippen LogP contribution in [0.4, 0.5) is 10.5 Å². The summed E-state index contributed by atoms with van der Waals surface area (Å²) in [6.45, 7) is 5.04. The summed E-state index contributed by atoms with van der Waals surface area (Å²) >= 11 is 1.70. The fraction of sp³-hybridized carbons (Fsp3) is 0.391. The molecular weight excluding hydrogens is 398 g/mol. The van der Waals surface area contributed by atoms with Crippen molar-refractivity contribution in [3.8, 4) is 5.75 Å². The summed E-state index contributed by atoms with van der Waals surface area (Å²) in [5.74, 6) is 0.755. The summed E-state index contributed by atoms with van der Waals surface area (Å²) in [4.78, 5) is 29.1. The number of rotatable bonds is 7. The number of likely N-dealkylation sites (N-methyl/N-ethyl adjacent to an activating group) is 1. The number of hydrogen-bond acceptors (Lipinski definition) is 4. The summed E-state index contributed by atoms with van der Waals surface area (Å²) in [5.41, 5.74) is 2.95. The van der Waals surface area contributed by atoms with Crippen molar-refractivity contribution in [3.63, 3.8) is 0 Å². The van der Waals surface area contributed by atoms with E-state index in [9.17, 15) is 9.59 Å². The molecule has 1 heterocycles. The molecule has 0 bridgehead atoms. The molecule has 2 aromatic rings. The molecule has 0 aromatic heterocycles. The van der Waals surface area contributed by atoms with Gasteiger partial charge in [-0.15, -0.1) is 11.8 Å². The van der Waals surface area contributed by atoms with Gasteiger partial charge in [-0.2, -0.15) is 0 Å². The topological polar surface area (TPSA) is 61.9 Å². The van der Waals surface area contributed by atoms with Crippen LogP contribution in [0.25, 0.3) is 0 Å². The highest BCUT2D eigenvalue weighted by Gasteiger charge is 2.40. The number of aryl methyl sites for hydroxylation is 1. The maximum atomic E-state index is 13.0. The second-order valence-corrected chi connectivity index (χ2v) is 8.61. The van der Waals surface area contributed by atoms with E-state index in [4.69, 9.17) is 4.74 Å². The molecule has 0 saturated carbocycles. The predicted molar refractivity (Wildman–Crippen MR) is 122 cm³/mol. The highest BCUT2D eigenvalue weighted by Crippen LogP contribution is 2.44. The number of hydrogen-bond donors (Lipinski definition) is 1. The van der Waals surface area contributed by atoms with Gasteiger partial charge in [-0.1, -0.05) is 43.3 Å². The first-order valence-electron chi connectivity index (χ1n) is 10.1. The molecule has 0 unspecified atom stereocenters. The minimum atomic E-state index is -0.238. The average molecular weight is 428 g/mol. The van der Waals surface area contributed by atoms with Crippen molar-refractivity contribution in [2.75, 3.05) is 32.6 Å². The van der Waals surface area contributed by atoms with Gasteiger partial charge >= 0.3 is 6.03 Å². The Morgan fingerprint density at radius 1 is 1.20 bits per heavy atom. The fourth-order valence-electron chi connectivity index (χ4n) is 3.51. The molecule has 6 nitrogen and oxygen atoms in total. The maximum Gasteiger partial charge on any atom is 0.321 e. The van der Waals surface area contributed by atoms with Crippen molar-refractivity contribution >= 4 is 29.4 Å². The van der Waals surface area contributed by atoms with Crippen LogP contribution in [0.15, 0.2) is 48.5 Å². The van der Waals surface area contributed by atoms with Crippen LogP contribution in [0.5, 0.6) is 5.75 Å². The lowest BCUT2D eigenvalue weighted by Gasteiger charge is -2.28. The Bertz CT molecular complexity index is 905. The normalized spacial score (nSPS) is 18.4. The summed E-state index contributed by atoms with van der Waals surface area (Å²) in [7, 11) is 3.31. The van der Waals surface area contributed by atoms with Gasteiger partial charge in [-0.25, -0.2) is 4.79 Å². The Morgan fingerprint density at radius 3 is 2.60 bits per heavy atom. The number of methoxy groups -OCH3 is 1. The third-order valence-corrected chi connectivity index (χ3v) is 6.96. The molecule has 3 rings (SSSR count). The second-order valence-electron chi connectivity index (χ2n) is 7.33. The van der Waals surface area contributed by atoms with Crippen molar-refractivity contribution in [1.82, 2.24) is 9.80 Å². The first-order valence-corrected chi connectivity index (χ1v) is 11.1. The van der Waals surface area contributed by atoms with Crippen molar-refractivity contribution in [3.05, 3.63) is 59.7 Å². The summed E-state index contributed by atoms with van der Waals surface area (Å²) < 4.78 is 5.29. The Balaban J connectivity index is 1.68. The van der Waals surface area contributed by atoms with Gasteiger partial charge in [0.1, 0.15) is 11.1 Å². The number of thioether (sulfide) groups is 1. The van der Waals surface area contributed by atoms with E-state index in [0.29, 0.717) is 24.5 Å². The second kappa shape index (κ2) is 9.89. The van der Waals surface area contributed by atoms with Gasteiger partial charge < -0.3 is 19.9 Å². The van der Waals surface area contributed by atoms with Gasteiger partial charge in [0.05, 0.1) is 18.0 Å². The Kier molecular flexibility index (Phi) is 7.26. The van der Waals surface area contributed by atoms with Crippen molar-refractivity contribution in [2.45, 2.75) is 30.9 Å². The lowest BCUT2D eigenvalue weighted by Crippen LogP contribution is -2.40. The highest BCUT2D eigenvalue weighted by molar-refractivity contribution is 8.01. The van der Waals surface area contributed by atoms with Crippen LogP contribution in [0.1, 0.15) is 29.8 Å². The standard InChI is InChI=1S/C23H29N3O3S/c1-5-20-21(27)26(22(30-20)17-11-7-6-10-16(17)2)15-14-25(3)23(28)24-18-12-8-9-13-19(18)29-4/h6-13,20,22H,5,14-15H2,1-4H3,(H,24,28)/t20-,22-/m0/s1. The van der Waals surface area contributed by atoms with Crippen molar-refractivity contribution in [2.24, 2.45) is 0 Å². The zero-order chi connectivity index (χ0) is 21.7. The first-order chi connectivity index (χ1) is 14.5. The van der Waals surface area contributed by atoms with Gasteiger partial charge in [0, 0.05) is 20.1 Å². The summed E-state index contributed by atoms with van der Waals surface area (Å²) in [6, 6.07) is 15.2. The van der Waals surface area contributed by atoms with Crippen molar-refractivity contribution < 1.29 is 14.3 Å². The average Bonchev–Trinajstić information content (AvgIpc) is 3.07. The molecule has 0 radical (unpaired) electrons. The summed E-state index contributed by atoms with van der Waals surface area (Å²) in [5, 5.41) is 2.81. The molecule has 1 aliphatic rings. The number of ether oxygens (including phenoxy) is 1. The lowest BCUT2D eigenvalue weighted by atomic mass is 10.1. The molecule has 2 atom stereocenters. The molecule has 7 heteroatoms. The molecule has 30 heavy (non-hydrogen) atoms. The molecule has 3 amide bonds. The molecule has 1 saturated heterocycles. The maximum absolute atomic E-state index is 13.0. The zero-order valence-electron chi connectivity index (χ0n) is 17.9.